The van der Waals surface area contributed by atoms with Crippen LogP contribution in [-0.4, -0.2) is 21.4 Å². The molecule has 0 radical (unpaired) electrons. The van der Waals surface area contributed by atoms with E-state index in [1.807, 2.05) is 12.1 Å². The quantitative estimate of drug-likeness (QED) is 0.378. The van der Waals surface area contributed by atoms with Crippen LogP contribution < -0.4 is 0 Å². The van der Waals surface area contributed by atoms with Crippen LogP contribution in [0, 0.1) is 17.2 Å². The van der Waals surface area contributed by atoms with Crippen LogP contribution in [0.1, 0.15) is 88.4 Å². The molecular weight excluding hydrogens is 406 g/mol. The third-order valence-electron chi connectivity index (χ3n) is 6.40. The lowest BCUT2D eigenvalue weighted by molar-refractivity contribution is -0.136. The number of thioether (sulfide) groups is 1. The third kappa shape index (κ3) is 6.24. The Labute approximate surface area is 190 Å². The van der Waals surface area contributed by atoms with E-state index in [0.29, 0.717) is 12.3 Å². The molecule has 1 aliphatic carbocycles. The highest BCUT2D eigenvalue weighted by molar-refractivity contribution is 8.04. The minimum atomic E-state index is -0.727. The lowest BCUT2D eigenvalue weighted by atomic mass is 9.88. The number of rotatable bonds is 11. The maximum absolute atomic E-state index is 11.1. The Hall–Kier alpha value is -2.03. The van der Waals surface area contributed by atoms with Gasteiger partial charge in [0.05, 0.1) is 12.2 Å². The van der Waals surface area contributed by atoms with E-state index in [1.165, 1.54) is 22.2 Å². The molecule has 0 spiro atoms. The van der Waals surface area contributed by atoms with Gasteiger partial charge in [-0.1, -0.05) is 56.5 Å². The number of hydrogen-bond donors (Lipinski definition) is 2. The molecule has 2 unspecified atom stereocenters. The summed E-state index contributed by atoms with van der Waals surface area (Å²) in [6.45, 7) is 2.16. The standard InChI is InChI=1S/C26H33NO3S/c1-2-3-4-8-23(28)18-9-11-20(12-10-18)25-19(13-14-21(25)17-27)6-5-7-22-15-16-24(31-22)26(29)30/h9-12,15,19,23-24,28H,2-8,13-14,16H2,1H3,(H,29,30)/t19-,23?,24?/m0/s1. The number of benzene rings is 1. The molecule has 3 atom stereocenters. The number of nitrogens with zero attached hydrogens (tertiary/aromatic N) is 1. The molecular formula is C26H33NO3S. The van der Waals surface area contributed by atoms with Gasteiger partial charge in [-0.25, -0.2) is 0 Å². The van der Waals surface area contributed by atoms with Crippen molar-refractivity contribution in [3.05, 3.63) is 51.9 Å². The van der Waals surface area contributed by atoms with Gasteiger partial charge in [0.2, 0.25) is 0 Å². The summed E-state index contributed by atoms with van der Waals surface area (Å²) in [4.78, 5) is 12.3. The van der Waals surface area contributed by atoms with Crippen molar-refractivity contribution in [2.45, 2.75) is 82.5 Å². The molecule has 1 heterocycles. The molecule has 0 aromatic heterocycles. The molecule has 166 valence electrons. The summed E-state index contributed by atoms with van der Waals surface area (Å²) in [6.07, 6.45) is 11.2. The molecule has 2 N–H and O–H groups in total. The van der Waals surface area contributed by atoms with E-state index in [0.717, 1.165) is 74.5 Å². The van der Waals surface area contributed by atoms with Gasteiger partial charge in [-0.15, -0.1) is 11.8 Å². The van der Waals surface area contributed by atoms with Crippen LogP contribution in [0.25, 0.3) is 5.57 Å². The number of aliphatic hydroxyl groups excluding tert-OH is 1. The third-order valence-corrected chi connectivity index (χ3v) is 7.76. The number of aliphatic carboxylic acids is 1. The van der Waals surface area contributed by atoms with E-state index in [4.69, 9.17) is 5.11 Å². The van der Waals surface area contributed by atoms with E-state index < -0.39 is 12.1 Å². The summed E-state index contributed by atoms with van der Waals surface area (Å²) in [5, 5.41) is 28.9. The van der Waals surface area contributed by atoms with Crippen LogP contribution in [0.2, 0.25) is 0 Å². The second-order valence-electron chi connectivity index (χ2n) is 8.62. The second-order valence-corrected chi connectivity index (χ2v) is 9.95. The Morgan fingerprint density at radius 1 is 1.26 bits per heavy atom. The molecule has 0 saturated carbocycles. The van der Waals surface area contributed by atoms with Crippen molar-refractivity contribution >= 4 is 23.3 Å². The number of carboxylic acids is 1. The number of hydrogen-bond acceptors (Lipinski definition) is 4. The Morgan fingerprint density at radius 2 is 2.03 bits per heavy atom. The monoisotopic (exact) mass is 439 g/mol. The number of aliphatic hydroxyl groups is 1. The molecule has 2 aliphatic rings. The van der Waals surface area contributed by atoms with Crippen LogP contribution in [0.15, 0.2) is 40.8 Å². The lowest BCUT2D eigenvalue weighted by Crippen LogP contribution is -2.12. The fraction of sp³-hybridized carbons (Fsp3) is 0.538. The Kier molecular flexibility index (Phi) is 8.80. The highest BCUT2D eigenvalue weighted by Crippen LogP contribution is 2.43. The van der Waals surface area contributed by atoms with Gasteiger partial charge < -0.3 is 10.2 Å². The number of carboxylic acid groups (broad SMARTS) is 1. The number of allylic oxidation sites excluding steroid dienone is 4. The van der Waals surface area contributed by atoms with Gasteiger partial charge in [0.25, 0.3) is 0 Å². The van der Waals surface area contributed by atoms with Crippen molar-refractivity contribution in [3.8, 4) is 6.07 Å². The average Bonchev–Trinajstić information content (AvgIpc) is 3.41. The predicted octanol–water partition coefficient (Wildman–Crippen LogP) is 6.63. The lowest BCUT2D eigenvalue weighted by Gasteiger charge is -2.17. The summed E-state index contributed by atoms with van der Waals surface area (Å²) in [6, 6.07) is 10.6. The first-order valence-electron chi connectivity index (χ1n) is 11.5. The smallest absolute Gasteiger partial charge is 0.317 e. The minimum Gasteiger partial charge on any atom is -0.480 e. The maximum atomic E-state index is 11.1. The first-order valence-corrected chi connectivity index (χ1v) is 12.4. The zero-order valence-corrected chi connectivity index (χ0v) is 19.2. The van der Waals surface area contributed by atoms with Crippen LogP contribution in [0.5, 0.6) is 0 Å². The molecule has 5 heteroatoms. The van der Waals surface area contributed by atoms with E-state index in [1.54, 1.807) is 0 Å². The molecule has 0 amide bonds. The predicted molar refractivity (Wildman–Crippen MR) is 126 cm³/mol. The zero-order valence-electron chi connectivity index (χ0n) is 18.3. The van der Waals surface area contributed by atoms with Crippen molar-refractivity contribution in [2.75, 3.05) is 0 Å². The first kappa shape index (κ1) is 23.6. The number of carbonyl (C=O) groups is 1. The van der Waals surface area contributed by atoms with Gasteiger partial charge in [-0.05, 0) is 72.5 Å². The van der Waals surface area contributed by atoms with Gasteiger partial charge in [-0.3, -0.25) is 4.79 Å². The highest BCUT2D eigenvalue weighted by Gasteiger charge is 2.28. The van der Waals surface area contributed by atoms with Gasteiger partial charge in [0.1, 0.15) is 5.25 Å². The first-order chi connectivity index (χ1) is 15.0. The fourth-order valence-corrected chi connectivity index (χ4v) is 5.76. The minimum absolute atomic E-state index is 0.321. The van der Waals surface area contributed by atoms with Gasteiger partial charge in [-0.2, -0.15) is 5.26 Å². The molecule has 3 rings (SSSR count). The van der Waals surface area contributed by atoms with Gasteiger partial charge in [0, 0.05) is 5.57 Å². The summed E-state index contributed by atoms with van der Waals surface area (Å²) < 4.78 is 0. The van der Waals surface area contributed by atoms with Crippen molar-refractivity contribution in [2.24, 2.45) is 5.92 Å². The van der Waals surface area contributed by atoms with Crippen LogP contribution in [-0.2, 0) is 4.79 Å². The number of unbranched alkanes of at least 4 members (excludes halogenated alkanes) is 2. The molecule has 1 aliphatic heterocycles. The topological polar surface area (TPSA) is 81.3 Å². The molecule has 0 bridgehead atoms. The molecule has 1 aromatic carbocycles. The Balaban J connectivity index is 1.59. The van der Waals surface area contributed by atoms with Gasteiger partial charge in [0.15, 0.2) is 0 Å². The van der Waals surface area contributed by atoms with Crippen LogP contribution in [0.4, 0.5) is 0 Å². The zero-order chi connectivity index (χ0) is 22.2. The SMILES string of the molecule is CCCCCC(O)c1ccc(C2=C(C#N)CC[C@@H]2CCCC2=CCC(C(=O)O)S2)cc1. The van der Waals surface area contributed by atoms with Crippen molar-refractivity contribution in [3.63, 3.8) is 0 Å². The molecule has 1 aromatic rings. The van der Waals surface area contributed by atoms with Crippen molar-refractivity contribution in [1.29, 1.82) is 5.26 Å². The van der Waals surface area contributed by atoms with Crippen molar-refractivity contribution < 1.29 is 15.0 Å². The van der Waals surface area contributed by atoms with Crippen LogP contribution >= 0.6 is 11.8 Å². The highest BCUT2D eigenvalue weighted by atomic mass is 32.2. The second kappa shape index (κ2) is 11.5. The fourth-order valence-electron chi connectivity index (χ4n) is 4.65. The summed E-state index contributed by atoms with van der Waals surface area (Å²) in [5.74, 6) is -0.355. The van der Waals surface area contributed by atoms with Crippen molar-refractivity contribution in [1.82, 2.24) is 0 Å². The van der Waals surface area contributed by atoms with Crippen LogP contribution in [0.3, 0.4) is 0 Å². The average molecular weight is 440 g/mol. The molecule has 4 nitrogen and oxygen atoms in total. The van der Waals surface area contributed by atoms with E-state index in [-0.39, 0.29) is 5.25 Å². The maximum Gasteiger partial charge on any atom is 0.317 e. The molecule has 31 heavy (non-hydrogen) atoms. The van der Waals surface area contributed by atoms with Gasteiger partial charge >= 0.3 is 5.97 Å². The molecule has 0 saturated heterocycles. The van der Waals surface area contributed by atoms with E-state index >= 15 is 0 Å². The Bertz CT molecular complexity index is 866. The summed E-state index contributed by atoms with van der Waals surface area (Å²) in [7, 11) is 0. The van der Waals surface area contributed by atoms with E-state index in [9.17, 15) is 15.2 Å². The number of nitriles is 1. The normalized spacial score (nSPS) is 21.8. The largest absolute Gasteiger partial charge is 0.480 e. The Morgan fingerprint density at radius 3 is 2.68 bits per heavy atom. The molecule has 0 fully saturated rings. The summed E-state index contributed by atoms with van der Waals surface area (Å²) in [5.41, 5.74) is 4.11. The van der Waals surface area contributed by atoms with E-state index in [2.05, 4.69) is 31.2 Å². The summed E-state index contributed by atoms with van der Waals surface area (Å²) >= 11 is 1.49.